The molecule has 0 aliphatic carbocycles. The van der Waals surface area contributed by atoms with Crippen LogP contribution in [0.1, 0.15) is 15.9 Å². The zero-order chi connectivity index (χ0) is 19.7. The van der Waals surface area contributed by atoms with Crippen LogP contribution in [-0.2, 0) is 0 Å². The average Bonchev–Trinajstić information content (AvgIpc) is 3.16. The van der Waals surface area contributed by atoms with Gasteiger partial charge in [-0.25, -0.2) is 9.50 Å². The number of methoxy groups -OCH3 is 1. The number of nitrogens with one attached hydrogen (secondary N) is 1. The molecule has 28 heavy (non-hydrogen) atoms. The molecule has 8 heteroatoms. The van der Waals surface area contributed by atoms with Gasteiger partial charge in [0, 0.05) is 6.20 Å². The highest BCUT2D eigenvalue weighted by Crippen LogP contribution is 2.21. The van der Waals surface area contributed by atoms with Gasteiger partial charge in [0.1, 0.15) is 17.6 Å². The molecule has 0 unspecified atom stereocenters. The number of carbonyl (C=O) groups is 1. The highest BCUT2D eigenvalue weighted by atomic mass is 16.5. The summed E-state index contributed by atoms with van der Waals surface area (Å²) in [6.45, 7) is 1.73. The van der Waals surface area contributed by atoms with E-state index >= 15 is 0 Å². The predicted molar refractivity (Wildman–Crippen MR) is 104 cm³/mol. The fourth-order valence-electron chi connectivity index (χ4n) is 3.01. The van der Waals surface area contributed by atoms with Gasteiger partial charge >= 0.3 is 0 Å². The lowest BCUT2D eigenvalue weighted by Crippen LogP contribution is -2.29. The Morgan fingerprint density at radius 1 is 1.14 bits per heavy atom. The largest absolute Gasteiger partial charge is 0.495 e. The minimum absolute atomic E-state index is 0.0621. The number of pyridine rings is 2. The molecule has 0 fully saturated rings. The highest BCUT2D eigenvalue weighted by molar-refractivity contribution is 6.05. The van der Waals surface area contributed by atoms with Gasteiger partial charge in [0.05, 0.1) is 24.7 Å². The molecule has 0 bridgehead atoms. The monoisotopic (exact) mass is 375 g/mol. The maximum Gasteiger partial charge on any atom is 0.268 e. The Morgan fingerprint density at radius 2 is 1.96 bits per heavy atom. The third-order valence-electron chi connectivity index (χ3n) is 4.40. The van der Waals surface area contributed by atoms with Gasteiger partial charge in [-0.3, -0.25) is 14.2 Å². The molecule has 1 aromatic carbocycles. The molecule has 4 rings (SSSR count). The van der Waals surface area contributed by atoms with E-state index in [9.17, 15) is 9.59 Å². The number of anilines is 1. The molecule has 1 amide bonds. The van der Waals surface area contributed by atoms with Gasteiger partial charge in [-0.1, -0.05) is 12.1 Å². The Kier molecular flexibility index (Phi) is 4.36. The number of aryl methyl sites for hydroxylation is 1. The topological polar surface area (TPSA) is 90.5 Å². The van der Waals surface area contributed by atoms with Crippen molar-refractivity contribution in [2.75, 3.05) is 12.4 Å². The summed E-state index contributed by atoms with van der Waals surface area (Å²) >= 11 is 0. The van der Waals surface area contributed by atoms with Crippen LogP contribution in [0.5, 0.6) is 5.75 Å². The van der Waals surface area contributed by atoms with E-state index in [1.54, 1.807) is 60.2 Å². The first-order chi connectivity index (χ1) is 13.6. The molecule has 0 atom stereocenters. The van der Waals surface area contributed by atoms with Crippen LogP contribution in [0.2, 0.25) is 0 Å². The van der Waals surface area contributed by atoms with E-state index in [4.69, 9.17) is 4.74 Å². The smallest absolute Gasteiger partial charge is 0.268 e. The number of ether oxygens (including phenoxy) is 1. The Morgan fingerprint density at radius 3 is 2.79 bits per heavy atom. The van der Waals surface area contributed by atoms with Crippen molar-refractivity contribution in [3.8, 4) is 11.4 Å². The number of benzene rings is 1. The van der Waals surface area contributed by atoms with Crippen LogP contribution in [0, 0.1) is 6.92 Å². The fourth-order valence-corrected chi connectivity index (χ4v) is 3.01. The molecule has 0 aliphatic rings. The number of carbonyl (C=O) groups excluding carboxylic acids is 1. The highest BCUT2D eigenvalue weighted by Gasteiger charge is 2.18. The molecule has 0 spiro atoms. The molecular formula is C20H17N5O3. The maximum absolute atomic E-state index is 13.1. The Hall–Kier alpha value is -3.94. The summed E-state index contributed by atoms with van der Waals surface area (Å²) in [6, 6.07) is 12.3. The number of amides is 1. The first-order valence-corrected chi connectivity index (χ1v) is 8.55. The zero-order valence-corrected chi connectivity index (χ0v) is 15.3. The van der Waals surface area contributed by atoms with Gasteiger partial charge in [0.2, 0.25) is 0 Å². The Bertz CT molecular complexity index is 1240. The molecule has 0 saturated heterocycles. The lowest BCUT2D eigenvalue weighted by Gasteiger charge is -2.13. The van der Waals surface area contributed by atoms with E-state index in [0.29, 0.717) is 28.3 Å². The van der Waals surface area contributed by atoms with Crippen LogP contribution in [0.4, 0.5) is 5.69 Å². The number of rotatable bonds is 4. The maximum atomic E-state index is 13.1. The molecule has 3 heterocycles. The average molecular weight is 375 g/mol. The van der Waals surface area contributed by atoms with Crippen LogP contribution < -0.4 is 15.6 Å². The molecule has 140 valence electrons. The molecule has 0 aliphatic heterocycles. The van der Waals surface area contributed by atoms with Crippen LogP contribution in [0.3, 0.4) is 0 Å². The number of fused-ring (bicyclic) bond motifs is 1. The lowest BCUT2D eigenvalue weighted by atomic mass is 10.1. The van der Waals surface area contributed by atoms with Crippen molar-refractivity contribution in [2.24, 2.45) is 0 Å². The first kappa shape index (κ1) is 17.5. The van der Waals surface area contributed by atoms with Crippen molar-refractivity contribution >= 4 is 17.2 Å². The van der Waals surface area contributed by atoms with Crippen LogP contribution in [0.25, 0.3) is 11.3 Å². The molecule has 8 nitrogen and oxygen atoms in total. The molecule has 0 radical (unpaired) electrons. The van der Waals surface area contributed by atoms with E-state index in [1.807, 2.05) is 6.07 Å². The van der Waals surface area contributed by atoms with E-state index in [1.165, 1.54) is 18.0 Å². The van der Waals surface area contributed by atoms with Gasteiger partial charge in [0.15, 0.2) is 5.65 Å². The van der Waals surface area contributed by atoms with Crippen molar-refractivity contribution in [1.82, 2.24) is 19.2 Å². The van der Waals surface area contributed by atoms with Crippen molar-refractivity contribution in [2.45, 2.75) is 6.92 Å². The molecule has 3 aromatic heterocycles. The van der Waals surface area contributed by atoms with Gasteiger partial charge < -0.3 is 10.1 Å². The second-order valence-corrected chi connectivity index (χ2v) is 6.16. The number of para-hydroxylation sites is 2. The van der Waals surface area contributed by atoms with E-state index < -0.39 is 11.5 Å². The number of hydrogen-bond acceptors (Lipinski definition) is 5. The van der Waals surface area contributed by atoms with E-state index in [0.717, 1.165) is 0 Å². The molecule has 4 aromatic rings. The van der Waals surface area contributed by atoms with Crippen molar-refractivity contribution in [3.63, 3.8) is 0 Å². The SMILES string of the molecule is COc1ccccc1-n1ccc(C)c(C(=O)Nc2ccc3ncnn3c2)c1=O. The minimum atomic E-state index is -0.494. The summed E-state index contributed by atoms with van der Waals surface area (Å²) in [5.74, 6) is 0.0441. The second-order valence-electron chi connectivity index (χ2n) is 6.16. The summed E-state index contributed by atoms with van der Waals surface area (Å²) in [5, 5.41) is 6.80. The summed E-state index contributed by atoms with van der Waals surface area (Å²) in [4.78, 5) is 30.0. The summed E-state index contributed by atoms with van der Waals surface area (Å²) < 4.78 is 8.28. The summed E-state index contributed by atoms with van der Waals surface area (Å²) in [5.41, 5.74) is 1.95. The van der Waals surface area contributed by atoms with Gasteiger partial charge in [-0.15, -0.1) is 0 Å². The third-order valence-corrected chi connectivity index (χ3v) is 4.40. The minimum Gasteiger partial charge on any atom is -0.495 e. The number of nitrogens with zero attached hydrogens (tertiary/aromatic N) is 4. The summed E-state index contributed by atoms with van der Waals surface area (Å²) in [7, 11) is 1.53. The van der Waals surface area contributed by atoms with Crippen LogP contribution in [0.15, 0.2) is 66.0 Å². The van der Waals surface area contributed by atoms with Gasteiger partial charge in [-0.2, -0.15) is 5.10 Å². The normalized spacial score (nSPS) is 10.8. The second kappa shape index (κ2) is 6.99. The van der Waals surface area contributed by atoms with Gasteiger partial charge in [0.25, 0.3) is 11.5 Å². The number of hydrogen-bond donors (Lipinski definition) is 1. The quantitative estimate of drug-likeness (QED) is 0.592. The molecule has 1 N–H and O–H groups in total. The van der Waals surface area contributed by atoms with E-state index in [2.05, 4.69) is 15.4 Å². The lowest BCUT2D eigenvalue weighted by molar-refractivity contribution is 0.102. The van der Waals surface area contributed by atoms with Crippen molar-refractivity contribution in [1.29, 1.82) is 0 Å². The van der Waals surface area contributed by atoms with Crippen molar-refractivity contribution < 1.29 is 9.53 Å². The Balaban J connectivity index is 1.74. The zero-order valence-electron chi connectivity index (χ0n) is 15.3. The summed E-state index contributed by atoms with van der Waals surface area (Å²) in [6.07, 6.45) is 4.69. The molecular weight excluding hydrogens is 358 g/mol. The van der Waals surface area contributed by atoms with Crippen molar-refractivity contribution in [3.05, 3.63) is 82.7 Å². The van der Waals surface area contributed by atoms with Crippen LogP contribution in [-0.4, -0.2) is 32.2 Å². The fraction of sp³-hybridized carbons (Fsp3) is 0.100. The van der Waals surface area contributed by atoms with Gasteiger partial charge in [-0.05, 0) is 42.8 Å². The Labute approximate surface area is 160 Å². The first-order valence-electron chi connectivity index (χ1n) is 8.55. The van der Waals surface area contributed by atoms with Crippen LogP contribution >= 0.6 is 0 Å². The standard InChI is InChI=1S/C20H17N5O3/c1-13-9-10-24(15-5-3-4-6-16(15)28-2)20(27)18(13)19(26)23-14-7-8-17-21-12-22-25(17)11-14/h3-12H,1-2H3,(H,23,26). The predicted octanol–water partition coefficient (Wildman–Crippen LogP) is 2.45. The third kappa shape index (κ3) is 3.01. The number of aromatic nitrogens is 4. The molecule has 0 saturated carbocycles. The van der Waals surface area contributed by atoms with E-state index in [-0.39, 0.29) is 5.56 Å².